The first kappa shape index (κ1) is 13.8. The zero-order chi connectivity index (χ0) is 13.0. The summed E-state index contributed by atoms with van der Waals surface area (Å²) in [6.45, 7) is 1.87. The summed E-state index contributed by atoms with van der Waals surface area (Å²) in [7, 11) is 3.82. The van der Waals surface area contributed by atoms with Gasteiger partial charge in [0.1, 0.15) is 0 Å². The van der Waals surface area contributed by atoms with Gasteiger partial charge in [0.15, 0.2) is 0 Å². The average Bonchev–Trinajstić information content (AvgIpc) is 2.27. The van der Waals surface area contributed by atoms with Crippen LogP contribution in [-0.4, -0.2) is 26.0 Å². The number of anilines is 2. The molecule has 0 aliphatic heterocycles. The van der Waals surface area contributed by atoms with E-state index in [1.807, 2.05) is 38.1 Å². The van der Waals surface area contributed by atoms with E-state index < -0.39 is 6.04 Å². The van der Waals surface area contributed by atoms with Crippen molar-refractivity contribution < 1.29 is 4.79 Å². The summed E-state index contributed by atoms with van der Waals surface area (Å²) in [5.41, 5.74) is 7.20. The van der Waals surface area contributed by atoms with Crippen LogP contribution in [0.3, 0.4) is 0 Å². The van der Waals surface area contributed by atoms with Crippen molar-refractivity contribution in [3.63, 3.8) is 0 Å². The summed E-state index contributed by atoms with van der Waals surface area (Å²) < 4.78 is 0. The van der Waals surface area contributed by atoms with Crippen molar-refractivity contribution in [1.82, 2.24) is 0 Å². The van der Waals surface area contributed by atoms with Crippen LogP contribution in [0, 0.1) is 0 Å². The smallest absolute Gasteiger partial charge is 0.241 e. The van der Waals surface area contributed by atoms with E-state index in [2.05, 4.69) is 5.32 Å². The van der Waals surface area contributed by atoms with Crippen molar-refractivity contribution in [2.75, 3.05) is 24.3 Å². The van der Waals surface area contributed by atoms with Crippen LogP contribution in [-0.2, 0) is 4.79 Å². The van der Waals surface area contributed by atoms with Crippen LogP contribution >= 0.6 is 11.6 Å². The first-order valence-electron chi connectivity index (χ1n) is 5.49. The molecule has 1 atom stereocenters. The van der Waals surface area contributed by atoms with Gasteiger partial charge in [0.25, 0.3) is 0 Å². The van der Waals surface area contributed by atoms with Gasteiger partial charge in [0.2, 0.25) is 5.91 Å². The highest BCUT2D eigenvalue weighted by Gasteiger charge is 2.11. The number of benzene rings is 1. The summed E-state index contributed by atoms with van der Waals surface area (Å²) in [5.74, 6) is -0.193. The van der Waals surface area contributed by atoms with Gasteiger partial charge in [-0.15, -0.1) is 0 Å². The summed E-state index contributed by atoms with van der Waals surface area (Å²) in [5, 5.41) is 3.33. The molecule has 4 nitrogen and oxygen atoms in total. The SMILES string of the molecule is CC[C@H](N)C(=O)Nc1ccc(N(C)C)c(Cl)c1. The highest BCUT2D eigenvalue weighted by molar-refractivity contribution is 6.33. The van der Waals surface area contributed by atoms with Crippen molar-refractivity contribution in [3.05, 3.63) is 23.2 Å². The van der Waals surface area contributed by atoms with Gasteiger partial charge < -0.3 is 16.0 Å². The Morgan fingerprint density at radius 2 is 2.18 bits per heavy atom. The Bertz CT molecular complexity index is 407. The van der Waals surface area contributed by atoms with Gasteiger partial charge in [-0.1, -0.05) is 18.5 Å². The van der Waals surface area contributed by atoms with Crippen molar-refractivity contribution >= 4 is 28.9 Å². The Labute approximate surface area is 107 Å². The van der Waals surface area contributed by atoms with Crippen LogP contribution in [0.2, 0.25) is 5.02 Å². The summed E-state index contributed by atoms with van der Waals surface area (Å²) >= 11 is 6.10. The number of carbonyl (C=O) groups excluding carboxylic acids is 1. The van der Waals surface area contributed by atoms with E-state index in [0.29, 0.717) is 17.1 Å². The lowest BCUT2D eigenvalue weighted by atomic mass is 10.2. The lowest BCUT2D eigenvalue weighted by Gasteiger charge is -2.16. The number of carbonyl (C=O) groups is 1. The van der Waals surface area contributed by atoms with Gasteiger partial charge >= 0.3 is 0 Å². The molecule has 94 valence electrons. The molecule has 1 rings (SSSR count). The van der Waals surface area contributed by atoms with E-state index in [0.717, 1.165) is 5.69 Å². The average molecular weight is 256 g/mol. The molecule has 0 aromatic heterocycles. The normalized spacial score (nSPS) is 12.1. The highest BCUT2D eigenvalue weighted by atomic mass is 35.5. The minimum atomic E-state index is -0.484. The molecule has 3 N–H and O–H groups in total. The molecular weight excluding hydrogens is 238 g/mol. The molecule has 0 radical (unpaired) electrons. The third-order valence-corrected chi connectivity index (χ3v) is 2.78. The zero-order valence-corrected chi connectivity index (χ0v) is 11.1. The summed E-state index contributed by atoms with van der Waals surface area (Å²) in [4.78, 5) is 13.5. The van der Waals surface area contributed by atoms with Gasteiger partial charge in [-0.2, -0.15) is 0 Å². The van der Waals surface area contributed by atoms with E-state index in [1.165, 1.54) is 0 Å². The van der Waals surface area contributed by atoms with E-state index in [-0.39, 0.29) is 5.91 Å². The van der Waals surface area contributed by atoms with Gasteiger partial charge in [0, 0.05) is 19.8 Å². The van der Waals surface area contributed by atoms with Crippen LogP contribution in [0.25, 0.3) is 0 Å². The topological polar surface area (TPSA) is 58.4 Å². The van der Waals surface area contributed by atoms with E-state index in [9.17, 15) is 4.79 Å². The lowest BCUT2D eigenvalue weighted by Crippen LogP contribution is -2.34. The number of nitrogens with two attached hydrogens (primary N) is 1. The van der Waals surface area contributed by atoms with Crippen LogP contribution in [0.4, 0.5) is 11.4 Å². The standard InChI is InChI=1S/C12H18ClN3O/c1-4-10(14)12(17)15-8-5-6-11(16(2)3)9(13)7-8/h5-7,10H,4,14H2,1-3H3,(H,15,17)/t10-/m0/s1. The van der Waals surface area contributed by atoms with Crippen molar-refractivity contribution in [3.8, 4) is 0 Å². The summed E-state index contributed by atoms with van der Waals surface area (Å²) in [6, 6.07) is 4.90. The predicted octanol–water partition coefficient (Wildman–Crippen LogP) is 2.08. The molecule has 0 unspecified atom stereocenters. The van der Waals surface area contributed by atoms with E-state index in [1.54, 1.807) is 6.07 Å². The van der Waals surface area contributed by atoms with Crippen LogP contribution in [0.5, 0.6) is 0 Å². The molecule has 0 saturated heterocycles. The van der Waals surface area contributed by atoms with Gasteiger partial charge in [-0.05, 0) is 24.6 Å². The molecule has 0 spiro atoms. The maximum atomic E-state index is 11.6. The Kier molecular flexibility index (Phi) is 4.78. The molecule has 0 fully saturated rings. The van der Waals surface area contributed by atoms with E-state index >= 15 is 0 Å². The number of halogens is 1. The van der Waals surface area contributed by atoms with Crippen LogP contribution < -0.4 is 16.0 Å². The van der Waals surface area contributed by atoms with Crippen LogP contribution in [0.1, 0.15) is 13.3 Å². The Morgan fingerprint density at radius 3 is 2.65 bits per heavy atom. The monoisotopic (exact) mass is 255 g/mol. The molecule has 1 aromatic carbocycles. The minimum absolute atomic E-state index is 0.193. The maximum absolute atomic E-state index is 11.6. The molecular formula is C12H18ClN3O. The molecule has 0 aliphatic rings. The Balaban J connectivity index is 2.81. The van der Waals surface area contributed by atoms with E-state index in [4.69, 9.17) is 17.3 Å². The maximum Gasteiger partial charge on any atom is 0.241 e. The first-order chi connectivity index (χ1) is 7.95. The number of amides is 1. The van der Waals surface area contributed by atoms with Crippen LogP contribution in [0.15, 0.2) is 18.2 Å². The molecule has 17 heavy (non-hydrogen) atoms. The summed E-state index contributed by atoms with van der Waals surface area (Å²) in [6.07, 6.45) is 0.606. The molecule has 0 bridgehead atoms. The number of hydrogen-bond acceptors (Lipinski definition) is 3. The van der Waals surface area contributed by atoms with Gasteiger partial charge in [0.05, 0.1) is 16.8 Å². The quantitative estimate of drug-likeness (QED) is 0.866. The van der Waals surface area contributed by atoms with Crippen molar-refractivity contribution in [2.45, 2.75) is 19.4 Å². The molecule has 0 heterocycles. The number of rotatable bonds is 4. The fourth-order valence-corrected chi connectivity index (χ4v) is 1.72. The molecule has 1 amide bonds. The zero-order valence-electron chi connectivity index (χ0n) is 10.3. The molecule has 0 saturated carbocycles. The van der Waals surface area contributed by atoms with Gasteiger partial charge in [-0.3, -0.25) is 4.79 Å². The second-order valence-corrected chi connectivity index (χ2v) is 4.47. The largest absolute Gasteiger partial charge is 0.376 e. The second-order valence-electron chi connectivity index (χ2n) is 4.06. The Hall–Kier alpha value is -1.26. The van der Waals surface area contributed by atoms with Gasteiger partial charge in [-0.25, -0.2) is 0 Å². The predicted molar refractivity (Wildman–Crippen MR) is 72.7 cm³/mol. The van der Waals surface area contributed by atoms with Crippen molar-refractivity contribution in [2.24, 2.45) is 5.73 Å². The van der Waals surface area contributed by atoms with Crippen molar-refractivity contribution in [1.29, 1.82) is 0 Å². The third kappa shape index (κ3) is 3.61. The first-order valence-corrected chi connectivity index (χ1v) is 5.86. The fraction of sp³-hybridized carbons (Fsp3) is 0.417. The number of nitrogens with zero attached hydrogens (tertiary/aromatic N) is 1. The number of hydrogen-bond donors (Lipinski definition) is 2. The minimum Gasteiger partial charge on any atom is -0.376 e. The number of nitrogens with one attached hydrogen (secondary N) is 1. The second kappa shape index (κ2) is 5.89. The molecule has 0 aliphatic carbocycles. The molecule has 1 aromatic rings. The third-order valence-electron chi connectivity index (χ3n) is 2.47. The molecule has 5 heteroatoms. The highest BCUT2D eigenvalue weighted by Crippen LogP contribution is 2.27. The lowest BCUT2D eigenvalue weighted by molar-refractivity contribution is -0.117. The Morgan fingerprint density at radius 1 is 1.53 bits per heavy atom. The fourth-order valence-electron chi connectivity index (χ4n) is 1.37.